The Bertz CT molecular complexity index is 634. The molecule has 0 N–H and O–H groups in total. The monoisotopic (exact) mass is 342 g/mol. The molecule has 3 amide bonds. The van der Waals surface area contributed by atoms with Gasteiger partial charge in [-0.05, 0) is 25.3 Å². The van der Waals surface area contributed by atoms with Crippen LogP contribution in [0.2, 0.25) is 0 Å². The van der Waals surface area contributed by atoms with Gasteiger partial charge < -0.3 is 4.90 Å². The van der Waals surface area contributed by atoms with Gasteiger partial charge in [0.1, 0.15) is 0 Å². The molecule has 1 saturated carbocycles. The van der Waals surface area contributed by atoms with Crippen molar-refractivity contribution in [3.63, 3.8) is 0 Å². The zero-order valence-corrected chi connectivity index (χ0v) is 15.0. The van der Waals surface area contributed by atoms with Gasteiger partial charge in [0.25, 0.3) is 0 Å². The highest BCUT2D eigenvalue weighted by molar-refractivity contribution is 6.05. The van der Waals surface area contributed by atoms with Crippen LogP contribution in [0.3, 0.4) is 0 Å². The van der Waals surface area contributed by atoms with Crippen molar-refractivity contribution in [1.82, 2.24) is 9.80 Å². The maximum Gasteiger partial charge on any atom is 0.233 e. The highest BCUT2D eigenvalue weighted by Gasteiger charge is 2.47. The normalized spacial score (nSPS) is 24.2. The molecule has 2 fully saturated rings. The van der Waals surface area contributed by atoms with Crippen molar-refractivity contribution in [2.45, 2.75) is 45.1 Å². The second-order valence-corrected chi connectivity index (χ2v) is 7.17. The predicted octanol–water partition coefficient (Wildman–Crippen LogP) is 2.77. The fraction of sp³-hybridized carbons (Fsp3) is 0.550. The Morgan fingerprint density at radius 2 is 1.68 bits per heavy atom. The topological polar surface area (TPSA) is 57.7 Å². The molecule has 0 unspecified atom stereocenters. The second kappa shape index (κ2) is 7.38. The molecule has 1 saturated heterocycles. The molecule has 5 heteroatoms. The molecule has 0 radical (unpaired) electrons. The van der Waals surface area contributed by atoms with E-state index >= 15 is 0 Å². The molecule has 134 valence electrons. The van der Waals surface area contributed by atoms with Gasteiger partial charge in [0, 0.05) is 20.0 Å². The van der Waals surface area contributed by atoms with E-state index in [1.165, 1.54) is 4.90 Å². The number of fused-ring (bicyclic) bond motifs is 1. The zero-order valence-electron chi connectivity index (χ0n) is 15.0. The lowest BCUT2D eigenvalue weighted by atomic mass is 9.81. The van der Waals surface area contributed by atoms with Crippen LogP contribution in [-0.4, -0.2) is 41.1 Å². The number of hydrogen-bond donors (Lipinski definition) is 0. The Hall–Kier alpha value is -2.17. The number of carbonyl (C=O) groups is 3. The van der Waals surface area contributed by atoms with Gasteiger partial charge >= 0.3 is 0 Å². The molecule has 0 bridgehead atoms. The van der Waals surface area contributed by atoms with Crippen LogP contribution in [0.5, 0.6) is 0 Å². The van der Waals surface area contributed by atoms with Gasteiger partial charge in [-0.1, -0.05) is 43.2 Å². The molecule has 0 aromatic heterocycles. The average Bonchev–Trinajstić information content (AvgIpc) is 2.90. The van der Waals surface area contributed by atoms with Crippen LogP contribution in [0, 0.1) is 11.8 Å². The quantitative estimate of drug-likeness (QED) is 0.773. The first kappa shape index (κ1) is 17.6. The predicted molar refractivity (Wildman–Crippen MR) is 94.4 cm³/mol. The molecule has 5 nitrogen and oxygen atoms in total. The molecule has 25 heavy (non-hydrogen) atoms. The maximum absolute atomic E-state index is 12.5. The van der Waals surface area contributed by atoms with Crippen molar-refractivity contribution in [3.8, 4) is 0 Å². The third kappa shape index (κ3) is 3.46. The van der Waals surface area contributed by atoms with Gasteiger partial charge in [-0.15, -0.1) is 0 Å². The minimum Gasteiger partial charge on any atom is -0.339 e. The Labute approximate surface area is 149 Å². The van der Waals surface area contributed by atoms with Gasteiger partial charge in [-0.25, -0.2) is 0 Å². The summed E-state index contributed by atoms with van der Waals surface area (Å²) in [7, 11) is 1.77. The molecule has 1 aromatic rings. The molecule has 2 aliphatic rings. The van der Waals surface area contributed by atoms with E-state index in [1.54, 1.807) is 11.9 Å². The Morgan fingerprint density at radius 3 is 2.24 bits per heavy atom. The van der Waals surface area contributed by atoms with E-state index in [0.29, 0.717) is 0 Å². The third-order valence-electron chi connectivity index (χ3n) is 5.74. The number of hydrogen-bond acceptors (Lipinski definition) is 3. The van der Waals surface area contributed by atoms with Crippen LogP contribution in [0.1, 0.15) is 50.6 Å². The lowest BCUT2D eigenvalue weighted by Crippen LogP contribution is -2.36. The number of carbonyl (C=O) groups excluding carboxylic acids is 3. The minimum absolute atomic E-state index is 0.0405. The lowest BCUT2D eigenvalue weighted by Gasteiger charge is -2.26. The number of amides is 3. The van der Waals surface area contributed by atoms with E-state index in [1.807, 2.05) is 37.3 Å². The standard InChI is InChI=1S/C20H26N2O3/c1-14(15-8-4-3-5-9-15)21(2)18(23)12-13-22-19(24)16-10-6-7-11-17(16)20(22)25/h3-5,8-9,14,16-17H,6-7,10-13H2,1-2H3/t14-,16-,17+/m0/s1. The number of imide groups is 1. The maximum atomic E-state index is 12.5. The summed E-state index contributed by atoms with van der Waals surface area (Å²) in [4.78, 5) is 40.5. The average molecular weight is 342 g/mol. The van der Waals surface area contributed by atoms with Crippen LogP contribution in [0.25, 0.3) is 0 Å². The largest absolute Gasteiger partial charge is 0.339 e. The Kier molecular flexibility index (Phi) is 5.21. The summed E-state index contributed by atoms with van der Waals surface area (Å²) in [6.07, 6.45) is 3.84. The molecule has 1 aliphatic carbocycles. The number of benzene rings is 1. The van der Waals surface area contributed by atoms with Crippen molar-refractivity contribution >= 4 is 17.7 Å². The summed E-state index contributed by atoms with van der Waals surface area (Å²) < 4.78 is 0. The fourth-order valence-corrected chi connectivity index (χ4v) is 4.01. The van der Waals surface area contributed by atoms with E-state index < -0.39 is 0 Å². The molecular weight excluding hydrogens is 316 g/mol. The van der Waals surface area contributed by atoms with Gasteiger partial charge in [-0.3, -0.25) is 19.3 Å². The van der Waals surface area contributed by atoms with Crippen molar-refractivity contribution < 1.29 is 14.4 Å². The SMILES string of the molecule is C[C@@H](c1ccccc1)N(C)C(=O)CCN1C(=O)[C@H]2CCCC[C@H]2C1=O. The van der Waals surface area contributed by atoms with Crippen molar-refractivity contribution in [2.75, 3.05) is 13.6 Å². The lowest BCUT2D eigenvalue weighted by molar-refractivity contribution is -0.141. The van der Waals surface area contributed by atoms with Gasteiger partial charge in [0.15, 0.2) is 0 Å². The van der Waals surface area contributed by atoms with E-state index in [-0.39, 0.29) is 48.6 Å². The number of likely N-dealkylation sites (tertiary alicyclic amines) is 1. The van der Waals surface area contributed by atoms with E-state index in [0.717, 1.165) is 31.2 Å². The molecule has 3 atom stereocenters. The Balaban J connectivity index is 1.58. The van der Waals surface area contributed by atoms with Crippen LogP contribution < -0.4 is 0 Å². The third-order valence-corrected chi connectivity index (χ3v) is 5.74. The zero-order chi connectivity index (χ0) is 18.0. The molecule has 3 rings (SSSR count). The first-order chi connectivity index (χ1) is 12.0. The summed E-state index contributed by atoms with van der Waals surface area (Å²) in [6.45, 7) is 2.18. The van der Waals surface area contributed by atoms with Gasteiger partial charge in [0.05, 0.1) is 17.9 Å². The van der Waals surface area contributed by atoms with Crippen LogP contribution >= 0.6 is 0 Å². The molecule has 0 spiro atoms. The van der Waals surface area contributed by atoms with E-state index in [9.17, 15) is 14.4 Å². The van der Waals surface area contributed by atoms with Crippen molar-refractivity contribution in [2.24, 2.45) is 11.8 Å². The van der Waals surface area contributed by atoms with Crippen molar-refractivity contribution in [3.05, 3.63) is 35.9 Å². The summed E-state index contributed by atoms with van der Waals surface area (Å²) >= 11 is 0. The summed E-state index contributed by atoms with van der Waals surface area (Å²) in [6, 6.07) is 9.80. The van der Waals surface area contributed by atoms with Gasteiger partial charge in [0.2, 0.25) is 17.7 Å². The molecular formula is C20H26N2O3. The highest BCUT2D eigenvalue weighted by atomic mass is 16.2. The van der Waals surface area contributed by atoms with E-state index in [4.69, 9.17) is 0 Å². The second-order valence-electron chi connectivity index (χ2n) is 7.17. The smallest absolute Gasteiger partial charge is 0.233 e. The highest BCUT2D eigenvalue weighted by Crippen LogP contribution is 2.38. The van der Waals surface area contributed by atoms with E-state index in [2.05, 4.69) is 0 Å². The van der Waals surface area contributed by atoms with Crippen LogP contribution in [0.15, 0.2) is 30.3 Å². The summed E-state index contributed by atoms with van der Waals surface area (Å²) in [5.74, 6) is -0.469. The first-order valence-corrected chi connectivity index (χ1v) is 9.16. The van der Waals surface area contributed by atoms with Crippen LogP contribution in [-0.2, 0) is 14.4 Å². The number of nitrogens with zero attached hydrogens (tertiary/aromatic N) is 2. The fourth-order valence-electron chi connectivity index (χ4n) is 4.01. The van der Waals surface area contributed by atoms with Crippen LogP contribution in [0.4, 0.5) is 0 Å². The van der Waals surface area contributed by atoms with Crippen molar-refractivity contribution in [1.29, 1.82) is 0 Å². The summed E-state index contributed by atoms with van der Waals surface area (Å²) in [5, 5.41) is 0. The minimum atomic E-state index is -0.141. The first-order valence-electron chi connectivity index (χ1n) is 9.16. The summed E-state index contributed by atoms with van der Waals surface area (Å²) in [5.41, 5.74) is 1.07. The Morgan fingerprint density at radius 1 is 1.12 bits per heavy atom. The molecule has 1 aliphatic heterocycles. The number of rotatable bonds is 5. The van der Waals surface area contributed by atoms with Gasteiger partial charge in [-0.2, -0.15) is 0 Å². The molecule has 1 heterocycles. The molecule has 1 aromatic carbocycles.